The lowest BCUT2D eigenvalue weighted by molar-refractivity contribution is -0.137. The zero-order valence-corrected chi connectivity index (χ0v) is 25.9. The Bertz CT molecular complexity index is 1730. The van der Waals surface area contributed by atoms with Crippen molar-refractivity contribution in [3.05, 3.63) is 101 Å². The van der Waals surface area contributed by atoms with Gasteiger partial charge in [0.15, 0.2) is 0 Å². The number of aryl methyl sites for hydroxylation is 2. The molecule has 9 heteroatoms. The number of para-hydroxylation sites is 1. The van der Waals surface area contributed by atoms with E-state index in [1.165, 1.54) is 6.26 Å². The highest BCUT2D eigenvalue weighted by molar-refractivity contribution is 7.90. The summed E-state index contributed by atoms with van der Waals surface area (Å²) in [6.07, 6.45) is 1.68. The fourth-order valence-corrected chi connectivity index (χ4v) is 6.05. The van der Waals surface area contributed by atoms with E-state index in [4.69, 9.17) is 18.9 Å². The summed E-state index contributed by atoms with van der Waals surface area (Å²) in [5.41, 5.74) is 5.72. The van der Waals surface area contributed by atoms with Crippen molar-refractivity contribution in [1.29, 1.82) is 0 Å². The van der Waals surface area contributed by atoms with E-state index in [0.29, 0.717) is 49.2 Å². The minimum absolute atomic E-state index is 0.0303. The highest BCUT2D eigenvalue weighted by Crippen LogP contribution is 2.41. The van der Waals surface area contributed by atoms with E-state index in [2.05, 4.69) is 6.07 Å². The molecule has 8 nitrogen and oxygen atoms in total. The third-order valence-corrected chi connectivity index (χ3v) is 8.44. The standard InChI is InChI=1S/C35H36O8S/c1-23-16-29(40-14-7-15-44(3,38)39)17-24(2)35(23)31-18-25(10-13-32(31)43-27-8-5-4-6-9-27)21-41-28-11-12-30-26(19-34(36)37)22-42-33(30)20-28/h4-6,8-13,16-18,20,26H,7,14-15,19,21-22H2,1-3H3,(H,36,37)/t26-/m1/s1. The average molecular weight is 617 g/mol. The summed E-state index contributed by atoms with van der Waals surface area (Å²) in [6, 6.07) is 25.0. The number of ether oxygens (including phenoxy) is 4. The van der Waals surface area contributed by atoms with Gasteiger partial charge < -0.3 is 24.1 Å². The highest BCUT2D eigenvalue weighted by Gasteiger charge is 2.26. The van der Waals surface area contributed by atoms with Gasteiger partial charge >= 0.3 is 5.97 Å². The SMILES string of the molecule is Cc1cc(OCCCS(C)(=O)=O)cc(C)c1-c1cc(COc2ccc3c(c2)OC[C@H]3CC(=O)O)ccc1Oc1ccccc1. The van der Waals surface area contributed by atoms with Gasteiger partial charge in [-0.05, 0) is 85.0 Å². The van der Waals surface area contributed by atoms with Gasteiger partial charge in [0.05, 0.1) is 25.4 Å². The molecule has 1 aliphatic rings. The van der Waals surface area contributed by atoms with Crippen molar-refractivity contribution in [2.45, 2.75) is 39.2 Å². The van der Waals surface area contributed by atoms with Gasteiger partial charge in [0, 0.05) is 29.4 Å². The molecule has 1 heterocycles. The number of aliphatic carboxylic acids is 1. The van der Waals surface area contributed by atoms with Crippen LogP contribution in [-0.4, -0.2) is 44.7 Å². The first kappa shape index (κ1) is 30.9. The lowest BCUT2D eigenvalue weighted by Gasteiger charge is -2.18. The van der Waals surface area contributed by atoms with Gasteiger partial charge in [0.1, 0.15) is 45.2 Å². The number of carboxylic acids is 1. The Hall–Kier alpha value is -4.50. The average Bonchev–Trinajstić information content (AvgIpc) is 3.36. The molecule has 44 heavy (non-hydrogen) atoms. The van der Waals surface area contributed by atoms with Gasteiger partial charge in [-0.3, -0.25) is 4.79 Å². The van der Waals surface area contributed by atoms with Crippen molar-refractivity contribution < 1.29 is 37.3 Å². The third-order valence-electron chi connectivity index (χ3n) is 7.41. The Morgan fingerprint density at radius 3 is 2.36 bits per heavy atom. The van der Waals surface area contributed by atoms with Crippen LogP contribution in [0.3, 0.4) is 0 Å². The highest BCUT2D eigenvalue weighted by atomic mass is 32.2. The number of hydrogen-bond acceptors (Lipinski definition) is 7. The molecule has 1 atom stereocenters. The van der Waals surface area contributed by atoms with Crippen molar-refractivity contribution in [2.24, 2.45) is 0 Å². The fourth-order valence-electron chi connectivity index (χ4n) is 5.40. The predicted octanol–water partition coefficient (Wildman–Crippen LogP) is 7.11. The third kappa shape index (κ3) is 7.90. The summed E-state index contributed by atoms with van der Waals surface area (Å²) in [6.45, 7) is 5.00. The van der Waals surface area contributed by atoms with E-state index >= 15 is 0 Å². The Morgan fingerprint density at radius 1 is 0.909 bits per heavy atom. The number of benzene rings is 4. The summed E-state index contributed by atoms with van der Waals surface area (Å²) >= 11 is 0. The van der Waals surface area contributed by atoms with Crippen LogP contribution in [0.25, 0.3) is 11.1 Å². The molecule has 0 saturated carbocycles. The van der Waals surface area contributed by atoms with Gasteiger partial charge in [-0.15, -0.1) is 0 Å². The van der Waals surface area contributed by atoms with E-state index in [1.54, 1.807) is 0 Å². The Labute approximate surface area is 258 Å². The van der Waals surface area contributed by atoms with Crippen molar-refractivity contribution in [2.75, 3.05) is 25.2 Å². The summed E-state index contributed by atoms with van der Waals surface area (Å²) < 4.78 is 47.0. The summed E-state index contributed by atoms with van der Waals surface area (Å²) in [5, 5.41) is 9.17. The second-order valence-corrected chi connectivity index (χ2v) is 13.4. The van der Waals surface area contributed by atoms with Gasteiger partial charge in [0.25, 0.3) is 0 Å². The van der Waals surface area contributed by atoms with Gasteiger partial charge in [-0.1, -0.05) is 30.3 Å². The zero-order valence-electron chi connectivity index (χ0n) is 25.0. The first-order valence-electron chi connectivity index (χ1n) is 14.4. The Kier molecular flexibility index (Phi) is 9.44. The number of carboxylic acid groups (broad SMARTS) is 1. The van der Waals surface area contributed by atoms with Crippen LogP contribution >= 0.6 is 0 Å². The molecule has 5 rings (SSSR count). The van der Waals surface area contributed by atoms with Crippen molar-refractivity contribution in [3.8, 4) is 39.9 Å². The van der Waals surface area contributed by atoms with Crippen molar-refractivity contribution in [3.63, 3.8) is 0 Å². The number of sulfone groups is 1. The first-order chi connectivity index (χ1) is 21.1. The van der Waals surface area contributed by atoms with Crippen LogP contribution in [0.1, 0.15) is 41.0 Å². The molecule has 4 aromatic rings. The van der Waals surface area contributed by atoms with E-state index in [-0.39, 0.29) is 18.1 Å². The molecule has 230 valence electrons. The van der Waals surface area contributed by atoms with Gasteiger partial charge in [-0.2, -0.15) is 0 Å². The smallest absolute Gasteiger partial charge is 0.304 e. The molecule has 1 N–H and O–H groups in total. The summed E-state index contributed by atoms with van der Waals surface area (Å²) in [7, 11) is -3.03. The van der Waals surface area contributed by atoms with Crippen LogP contribution < -0.4 is 18.9 Å². The molecule has 0 amide bonds. The topological polar surface area (TPSA) is 108 Å². The molecule has 0 radical (unpaired) electrons. The fraction of sp³-hybridized carbons (Fsp3) is 0.286. The van der Waals surface area contributed by atoms with Crippen LogP contribution in [0.2, 0.25) is 0 Å². The van der Waals surface area contributed by atoms with Gasteiger partial charge in [0.2, 0.25) is 0 Å². The molecule has 0 spiro atoms. The van der Waals surface area contributed by atoms with Crippen LogP contribution in [-0.2, 0) is 21.2 Å². The van der Waals surface area contributed by atoms with Crippen molar-refractivity contribution >= 4 is 15.8 Å². The molecule has 4 aromatic carbocycles. The maximum atomic E-state index is 11.5. The minimum atomic E-state index is -3.03. The largest absolute Gasteiger partial charge is 0.494 e. The number of fused-ring (bicyclic) bond motifs is 1. The predicted molar refractivity (Wildman–Crippen MR) is 169 cm³/mol. The maximum Gasteiger partial charge on any atom is 0.304 e. The molecule has 0 aliphatic carbocycles. The zero-order chi connectivity index (χ0) is 31.3. The van der Waals surface area contributed by atoms with Crippen LogP contribution in [0.5, 0.6) is 28.7 Å². The normalized spacial score (nSPS) is 14.0. The quantitative estimate of drug-likeness (QED) is 0.158. The number of rotatable bonds is 13. The minimum Gasteiger partial charge on any atom is -0.494 e. The van der Waals surface area contributed by atoms with E-state index in [0.717, 1.165) is 39.1 Å². The molecular formula is C35H36O8S. The molecule has 1 aliphatic heterocycles. The molecule has 0 unspecified atom stereocenters. The lowest BCUT2D eigenvalue weighted by atomic mass is 9.93. The number of hydrogen-bond donors (Lipinski definition) is 1. The lowest BCUT2D eigenvalue weighted by Crippen LogP contribution is -2.08. The molecule has 0 saturated heterocycles. The van der Waals surface area contributed by atoms with Crippen LogP contribution in [0.4, 0.5) is 0 Å². The second kappa shape index (κ2) is 13.4. The van der Waals surface area contributed by atoms with Crippen LogP contribution in [0.15, 0.2) is 78.9 Å². The molecule has 0 bridgehead atoms. The Morgan fingerprint density at radius 2 is 1.66 bits per heavy atom. The van der Waals surface area contributed by atoms with Crippen molar-refractivity contribution in [1.82, 2.24) is 0 Å². The maximum absolute atomic E-state index is 11.5. The first-order valence-corrected chi connectivity index (χ1v) is 16.5. The molecule has 0 fully saturated rings. The Balaban J connectivity index is 1.38. The monoisotopic (exact) mass is 616 g/mol. The van der Waals surface area contributed by atoms with E-state index < -0.39 is 15.8 Å². The number of carbonyl (C=O) groups is 1. The molecule has 0 aromatic heterocycles. The second-order valence-electron chi connectivity index (χ2n) is 11.1. The van der Waals surface area contributed by atoms with E-state index in [1.807, 2.05) is 86.6 Å². The summed E-state index contributed by atoms with van der Waals surface area (Å²) in [5.74, 6) is 2.48. The van der Waals surface area contributed by atoms with E-state index in [9.17, 15) is 18.3 Å². The summed E-state index contributed by atoms with van der Waals surface area (Å²) in [4.78, 5) is 11.2. The van der Waals surface area contributed by atoms with Crippen LogP contribution in [0, 0.1) is 13.8 Å². The molecular weight excluding hydrogens is 580 g/mol. The van der Waals surface area contributed by atoms with Gasteiger partial charge in [-0.25, -0.2) is 8.42 Å².